The van der Waals surface area contributed by atoms with Gasteiger partial charge in [0.1, 0.15) is 33.4 Å². The van der Waals surface area contributed by atoms with Gasteiger partial charge in [-0.1, -0.05) is 72.6 Å². The number of hydrogen-bond donors (Lipinski definition) is 9. The topological polar surface area (TPSA) is 391 Å². The number of nitrogens with zero attached hydrogens (tertiary/aromatic N) is 10. The van der Waals surface area contributed by atoms with E-state index in [1.165, 1.54) is 0 Å². The van der Waals surface area contributed by atoms with E-state index in [0.717, 1.165) is 85.4 Å². The molecule has 9 N–H and O–H groups in total. The summed E-state index contributed by atoms with van der Waals surface area (Å²) in [6, 6.07) is -2.60. The van der Waals surface area contributed by atoms with E-state index in [0.29, 0.717) is 113 Å². The highest BCUT2D eigenvalue weighted by Gasteiger charge is 2.26. The number of rotatable bonds is 48. The van der Waals surface area contributed by atoms with E-state index < -0.39 is 58.5 Å². The number of carbonyl (C=O) groups excluding carboxylic acids is 7. The number of carbonyl (C=O) groups is 7. The molecule has 0 bridgehead atoms. The van der Waals surface area contributed by atoms with Crippen molar-refractivity contribution in [3.63, 3.8) is 0 Å². The van der Waals surface area contributed by atoms with E-state index in [1.54, 1.807) is 37.1 Å². The highest BCUT2D eigenvalue weighted by molar-refractivity contribution is 7.81. The molecule has 0 aliphatic rings. The molecule has 84 heavy (non-hydrogen) atoms. The Balaban J connectivity index is 1.02. The summed E-state index contributed by atoms with van der Waals surface area (Å²) >= 11 is -2.40. The second-order valence-corrected chi connectivity index (χ2v) is 24.4. The molecule has 0 aliphatic heterocycles. The van der Waals surface area contributed by atoms with Crippen LogP contribution in [0, 0.1) is 5.92 Å². The Hall–Kier alpha value is -5.77. The van der Waals surface area contributed by atoms with Crippen molar-refractivity contribution in [3.05, 3.63) is 33.8 Å². The Kier molecular flexibility index (Phi) is 33.5. The minimum Gasteiger partial charge on any atom is -0.356 e. The summed E-state index contributed by atoms with van der Waals surface area (Å²) in [6.07, 6.45) is 16.5. The molecule has 0 aliphatic carbocycles. The van der Waals surface area contributed by atoms with Gasteiger partial charge in [0.2, 0.25) is 28.0 Å². The van der Waals surface area contributed by atoms with Crippen LogP contribution < -0.4 is 36.0 Å². The smallest absolute Gasteiger partial charge is 0.261 e. The van der Waals surface area contributed by atoms with Crippen LogP contribution in [0.3, 0.4) is 0 Å². The van der Waals surface area contributed by atoms with Crippen LogP contribution in [0.15, 0.2) is 12.4 Å². The zero-order chi connectivity index (χ0) is 61.2. The van der Waals surface area contributed by atoms with Gasteiger partial charge < -0.3 is 26.6 Å². The Morgan fingerprint density at radius 3 is 1.58 bits per heavy atom. The highest BCUT2D eigenvalue weighted by atomic mass is 32.2. The van der Waals surface area contributed by atoms with Crippen molar-refractivity contribution < 1.29 is 51.1 Å². The van der Waals surface area contributed by atoms with Crippen LogP contribution in [0.25, 0.3) is 0 Å². The number of ketones is 4. The number of hydrogen-bond acceptors (Lipinski definition) is 21. The van der Waals surface area contributed by atoms with Crippen LogP contribution in [-0.4, -0.2) is 153 Å². The fourth-order valence-electron chi connectivity index (χ4n) is 8.62. The minimum absolute atomic E-state index is 0.0110. The van der Waals surface area contributed by atoms with E-state index in [-0.39, 0.29) is 64.5 Å². The molecule has 3 amide bonds. The van der Waals surface area contributed by atoms with Gasteiger partial charge in [0, 0.05) is 63.6 Å². The van der Waals surface area contributed by atoms with Gasteiger partial charge in [0.25, 0.3) is 22.5 Å². The molecule has 0 saturated carbocycles. The van der Waals surface area contributed by atoms with E-state index in [4.69, 9.17) is 9.11 Å². The van der Waals surface area contributed by atoms with Crippen molar-refractivity contribution in [2.24, 2.45) is 5.92 Å². The molecule has 4 aromatic heterocycles. The van der Waals surface area contributed by atoms with Gasteiger partial charge in [-0.3, -0.25) is 61.5 Å². The fourth-order valence-corrected chi connectivity index (χ4v) is 11.0. The summed E-state index contributed by atoms with van der Waals surface area (Å²) < 4.78 is 47.5. The predicted molar refractivity (Wildman–Crippen MR) is 319 cm³/mol. The largest absolute Gasteiger partial charge is 0.356 e. The van der Waals surface area contributed by atoms with Crippen LogP contribution in [0.5, 0.6) is 0 Å². The number of amides is 3. The lowest BCUT2D eigenvalue weighted by atomic mass is 9.99. The van der Waals surface area contributed by atoms with E-state index >= 15 is 0 Å². The Morgan fingerprint density at radius 2 is 1.06 bits per heavy atom. The van der Waals surface area contributed by atoms with Gasteiger partial charge in [-0.25, -0.2) is 8.42 Å². The summed E-state index contributed by atoms with van der Waals surface area (Å²) in [7, 11) is 0. The molecule has 0 aromatic carbocycles. The van der Waals surface area contributed by atoms with E-state index in [1.807, 2.05) is 19.3 Å². The summed E-state index contributed by atoms with van der Waals surface area (Å²) in [5.74, 6) is -1.72. The monoisotopic (exact) mass is 1250 g/mol. The molecule has 0 saturated heterocycles. The fraction of sp³-hybridized carbons (Fsp3) is 0.712. The normalized spacial score (nSPS) is 13.9. The Bertz CT molecular complexity index is 2720. The Labute approximate surface area is 503 Å². The van der Waals surface area contributed by atoms with Crippen molar-refractivity contribution in [2.45, 2.75) is 213 Å². The van der Waals surface area contributed by atoms with E-state index in [2.05, 4.69) is 77.0 Å². The van der Waals surface area contributed by atoms with E-state index in [9.17, 15) is 42.0 Å². The molecule has 4 rings (SSSR count). The molecule has 4 aromatic rings. The molecular formula is C52H85N17O11S4. The molecule has 468 valence electrons. The van der Waals surface area contributed by atoms with Crippen molar-refractivity contribution in [1.29, 1.82) is 0 Å². The first kappa shape index (κ1) is 70.7. The van der Waals surface area contributed by atoms with Crippen LogP contribution >= 0.6 is 22.7 Å². The van der Waals surface area contributed by atoms with Gasteiger partial charge >= 0.3 is 0 Å². The summed E-state index contributed by atoms with van der Waals surface area (Å²) in [5.41, 5.74) is 1.58. The van der Waals surface area contributed by atoms with Crippen LogP contribution in [0.2, 0.25) is 0 Å². The molecule has 0 radical (unpaired) electrons. The van der Waals surface area contributed by atoms with Crippen LogP contribution in [-0.2, 0) is 94.9 Å². The second kappa shape index (κ2) is 39.8. The lowest BCUT2D eigenvalue weighted by molar-refractivity contribution is -0.131. The van der Waals surface area contributed by atoms with Gasteiger partial charge in [0.15, 0.2) is 5.78 Å². The van der Waals surface area contributed by atoms with Crippen molar-refractivity contribution in [2.75, 3.05) is 29.1 Å². The lowest BCUT2D eigenvalue weighted by Gasteiger charge is -2.22. The van der Waals surface area contributed by atoms with Gasteiger partial charge in [0.05, 0.1) is 42.4 Å². The number of Topliss-reactive ketones (excluding diaryl/α,β-unsaturated/α-hetero) is 4. The SMILES string of the molecule is CCCCCC(=O)[C@H](CCCCNC(=O)[C@H](C)CC(=O)[C@H](C)NCCCCCn1cc(CCCC(=O)Cc2nnc(NS(=O)O)s2)nn1)NC(=O)[C@H](C)NC(=O)[C@H](C)NCCCCCn1cc(CCCC(=O)Cc2nnc(NS(=O)O)s2)nn1. The molecule has 2 unspecified atom stereocenters. The average Bonchev–Trinajstić information content (AvgIpc) is 4.30. The number of aryl methyl sites for hydroxylation is 4. The van der Waals surface area contributed by atoms with Gasteiger partial charge in [-0.15, -0.1) is 30.6 Å². The van der Waals surface area contributed by atoms with Crippen LogP contribution in [0.4, 0.5) is 10.3 Å². The number of aromatic nitrogens is 10. The predicted octanol–water partition coefficient (Wildman–Crippen LogP) is 3.96. The molecule has 0 spiro atoms. The maximum atomic E-state index is 13.3. The van der Waals surface area contributed by atoms with Gasteiger partial charge in [-0.2, -0.15) is 0 Å². The van der Waals surface area contributed by atoms with Crippen molar-refractivity contribution >= 4 is 96.3 Å². The summed E-state index contributed by atoms with van der Waals surface area (Å²) in [6.45, 7) is 11.8. The molecule has 32 heteroatoms. The van der Waals surface area contributed by atoms with Gasteiger partial charge in [-0.05, 0) is 111 Å². The third kappa shape index (κ3) is 29.4. The zero-order valence-corrected chi connectivity index (χ0v) is 52.1. The highest BCUT2D eigenvalue weighted by Crippen LogP contribution is 2.19. The third-order valence-corrected chi connectivity index (χ3v) is 16.2. The maximum absolute atomic E-state index is 13.3. The van der Waals surface area contributed by atoms with Crippen LogP contribution in [0.1, 0.15) is 172 Å². The standard InChI is InChI=1S/C52H85N17O11S4/c1-6-7-10-24-44(72)43(57-50(76)38(5)56-49(75)37(4)54-26-13-9-16-29-69-34-40(59-67-69)20-18-22-42(71)32-47-61-63-52(82-47)65-84(79)80)23-11-14-27-55-48(74)35(2)30-45(73)36(3)53-25-12-8-15-28-68-33-39(58-66-68)19-17-21-41(70)31-46-60-62-51(81-46)64-83(77)78/h33-38,43,53-54H,6-32H2,1-5H3,(H,55,74)(H,56,75)(H,57,76)(H,62,64)(H,63,65)(H,77,78)(H,79,80)/t35-,36+,37+,38+,43+/m1/s1. The zero-order valence-electron chi connectivity index (χ0n) is 48.8. The van der Waals surface area contributed by atoms with Crippen molar-refractivity contribution in [1.82, 2.24) is 77.0 Å². The first-order valence-electron chi connectivity index (χ1n) is 28.9. The molecular weight excluding hydrogens is 1170 g/mol. The second-order valence-electron chi connectivity index (χ2n) is 20.8. The first-order chi connectivity index (χ1) is 40.3. The third-order valence-electron chi connectivity index (χ3n) is 13.5. The number of anilines is 2. The maximum Gasteiger partial charge on any atom is 0.261 e. The lowest BCUT2D eigenvalue weighted by Crippen LogP contribution is -2.53. The molecule has 4 heterocycles. The molecule has 28 nitrogen and oxygen atoms in total. The summed E-state index contributed by atoms with van der Waals surface area (Å²) in [5, 5.41) is 48.3. The quantitative estimate of drug-likeness (QED) is 0.0223. The molecule has 7 atom stereocenters. The minimum atomic E-state index is -2.26. The number of unbranched alkanes of at least 4 members (excludes halogenated alkanes) is 7. The first-order valence-corrected chi connectivity index (χ1v) is 32.7. The number of nitrogens with one attached hydrogen (secondary N) is 7. The van der Waals surface area contributed by atoms with Crippen molar-refractivity contribution in [3.8, 4) is 0 Å². The average molecular weight is 1250 g/mol. The summed E-state index contributed by atoms with van der Waals surface area (Å²) in [4.78, 5) is 90.4. The Morgan fingerprint density at radius 1 is 0.548 bits per heavy atom. The molecule has 0 fully saturated rings.